The maximum Gasteiger partial charge on any atom is 0.0619 e. The third-order valence-electron chi connectivity index (χ3n) is 4.88. The standard InChI is InChI=1S/C17H27NO/c1-6-15-14(7-8-19-15)17(18)16-12(4)10(2)9-11(3)13(16)5/h9,14-15,17H,6-8,18H2,1-5H3. The number of hydrogen-bond donors (Lipinski definition) is 1. The first kappa shape index (κ1) is 14.5. The number of rotatable bonds is 3. The van der Waals surface area contributed by atoms with E-state index in [2.05, 4.69) is 40.7 Å². The lowest BCUT2D eigenvalue weighted by atomic mass is 9.81. The molecule has 0 radical (unpaired) electrons. The van der Waals surface area contributed by atoms with Crippen LogP contribution in [0.25, 0.3) is 0 Å². The summed E-state index contributed by atoms with van der Waals surface area (Å²) in [4.78, 5) is 0. The molecule has 1 aliphatic heterocycles. The molecule has 0 spiro atoms. The molecule has 1 aromatic rings. The van der Waals surface area contributed by atoms with Crippen LogP contribution in [-0.2, 0) is 4.74 Å². The maximum absolute atomic E-state index is 6.63. The average Bonchev–Trinajstić information content (AvgIpc) is 2.84. The molecule has 1 fully saturated rings. The summed E-state index contributed by atoms with van der Waals surface area (Å²) in [7, 11) is 0. The highest BCUT2D eigenvalue weighted by Gasteiger charge is 2.34. The van der Waals surface area contributed by atoms with Crippen LogP contribution in [0, 0.1) is 33.6 Å². The molecule has 0 saturated carbocycles. The largest absolute Gasteiger partial charge is 0.378 e. The van der Waals surface area contributed by atoms with Crippen LogP contribution >= 0.6 is 0 Å². The maximum atomic E-state index is 6.63. The van der Waals surface area contributed by atoms with Crippen LogP contribution in [0.15, 0.2) is 6.07 Å². The van der Waals surface area contributed by atoms with Crippen molar-refractivity contribution in [3.8, 4) is 0 Å². The summed E-state index contributed by atoms with van der Waals surface area (Å²) in [5.74, 6) is 0.462. The van der Waals surface area contributed by atoms with Gasteiger partial charge in [-0.05, 0) is 68.4 Å². The second-order valence-corrected chi connectivity index (χ2v) is 5.97. The Hall–Kier alpha value is -0.860. The Kier molecular flexibility index (Phi) is 4.32. The summed E-state index contributed by atoms with van der Waals surface area (Å²) in [6.07, 6.45) is 2.47. The van der Waals surface area contributed by atoms with Crippen molar-refractivity contribution in [1.29, 1.82) is 0 Å². The van der Waals surface area contributed by atoms with E-state index in [0.29, 0.717) is 12.0 Å². The summed E-state index contributed by atoms with van der Waals surface area (Å²) in [6.45, 7) is 11.8. The van der Waals surface area contributed by atoms with Gasteiger partial charge in [0, 0.05) is 18.6 Å². The van der Waals surface area contributed by atoms with Gasteiger partial charge in [-0.25, -0.2) is 0 Å². The normalized spacial score (nSPS) is 24.7. The van der Waals surface area contributed by atoms with Gasteiger partial charge in [0.1, 0.15) is 0 Å². The lowest BCUT2D eigenvalue weighted by Gasteiger charge is -2.28. The second kappa shape index (κ2) is 5.64. The number of benzene rings is 1. The first-order chi connectivity index (χ1) is 8.97. The predicted molar refractivity (Wildman–Crippen MR) is 80.5 cm³/mol. The number of nitrogens with two attached hydrogens (primary N) is 1. The van der Waals surface area contributed by atoms with Crippen LogP contribution in [0.1, 0.15) is 53.6 Å². The molecule has 1 aromatic carbocycles. The van der Waals surface area contributed by atoms with E-state index in [1.165, 1.54) is 27.8 Å². The molecule has 2 N–H and O–H groups in total. The lowest BCUT2D eigenvalue weighted by molar-refractivity contribution is 0.0812. The van der Waals surface area contributed by atoms with Crippen molar-refractivity contribution in [1.82, 2.24) is 0 Å². The van der Waals surface area contributed by atoms with E-state index in [9.17, 15) is 0 Å². The van der Waals surface area contributed by atoms with Crippen molar-refractivity contribution in [2.75, 3.05) is 6.61 Å². The molecule has 1 aliphatic rings. The fraction of sp³-hybridized carbons (Fsp3) is 0.647. The van der Waals surface area contributed by atoms with E-state index in [1.807, 2.05) is 0 Å². The highest BCUT2D eigenvalue weighted by Crippen LogP contribution is 2.37. The summed E-state index contributed by atoms with van der Waals surface area (Å²) >= 11 is 0. The molecule has 106 valence electrons. The van der Waals surface area contributed by atoms with Crippen LogP contribution in [0.5, 0.6) is 0 Å². The van der Waals surface area contributed by atoms with Crippen LogP contribution in [0.2, 0.25) is 0 Å². The predicted octanol–water partition coefficient (Wildman–Crippen LogP) is 3.74. The Morgan fingerprint density at radius 1 is 1.21 bits per heavy atom. The molecule has 0 amide bonds. The zero-order valence-corrected chi connectivity index (χ0v) is 12.9. The molecular formula is C17H27NO. The van der Waals surface area contributed by atoms with Gasteiger partial charge in [0.15, 0.2) is 0 Å². The third-order valence-corrected chi connectivity index (χ3v) is 4.88. The fourth-order valence-electron chi connectivity index (χ4n) is 3.46. The summed E-state index contributed by atoms with van der Waals surface area (Å²) in [5.41, 5.74) is 13.4. The van der Waals surface area contributed by atoms with Crippen LogP contribution in [-0.4, -0.2) is 12.7 Å². The van der Waals surface area contributed by atoms with E-state index in [1.54, 1.807) is 0 Å². The smallest absolute Gasteiger partial charge is 0.0619 e. The van der Waals surface area contributed by atoms with Gasteiger partial charge in [-0.1, -0.05) is 13.0 Å². The van der Waals surface area contributed by atoms with E-state index in [0.717, 1.165) is 19.4 Å². The molecule has 2 heteroatoms. The van der Waals surface area contributed by atoms with Gasteiger partial charge in [-0.3, -0.25) is 0 Å². The first-order valence-corrected chi connectivity index (χ1v) is 7.41. The van der Waals surface area contributed by atoms with Crippen LogP contribution < -0.4 is 5.73 Å². The Bertz CT molecular complexity index is 441. The summed E-state index contributed by atoms with van der Waals surface area (Å²) in [6, 6.07) is 2.37. The molecule has 2 rings (SSSR count). The van der Waals surface area contributed by atoms with Gasteiger partial charge in [0.05, 0.1) is 6.10 Å². The average molecular weight is 261 g/mol. The quantitative estimate of drug-likeness (QED) is 0.899. The number of aryl methyl sites for hydroxylation is 2. The fourth-order valence-corrected chi connectivity index (χ4v) is 3.46. The molecule has 1 saturated heterocycles. The van der Waals surface area contributed by atoms with Gasteiger partial charge >= 0.3 is 0 Å². The van der Waals surface area contributed by atoms with Crippen molar-refractivity contribution in [2.24, 2.45) is 11.7 Å². The highest BCUT2D eigenvalue weighted by molar-refractivity contribution is 5.46. The summed E-state index contributed by atoms with van der Waals surface area (Å²) in [5, 5.41) is 0. The van der Waals surface area contributed by atoms with E-state index in [-0.39, 0.29) is 6.04 Å². The minimum atomic E-state index is 0.103. The second-order valence-electron chi connectivity index (χ2n) is 5.97. The minimum Gasteiger partial charge on any atom is -0.378 e. The zero-order valence-electron chi connectivity index (χ0n) is 12.9. The van der Waals surface area contributed by atoms with Gasteiger partial charge in [-0.15, -0.1) is 0 Å². The van der Waals surface area contributed by atoms with E-state index < -0.39 is 0 Å². The van der Waals surface area contributed by atoms with Crippen molar-refractivity contribution in [3.05, 3.63) is 33.9 Å². The molecule has 0 aromatic heterocycles. The number of ether oxygens (including phenoxy) is 1. The molecule has 1 heterocycles. The third kappa shape index (κ3) is 2.56. The molecule has 0 bridgehead atoms. The summed E-state index contributed by atoms with van der Waals surface area (Å²) < 4.78 is 5.82. The van der Waals surface area contributed by atoms with Crippen molar-refractivity contribution in [3.63, 3.8) is 0 Å². The van der Waals surface area contributed by atoms with E-state index in [4.69, 9.17) is 10.5 Å². The van der Waals surface area contributed by atoms with Gasteiger partial charge in [0.25, 0.3) is 0 Å². The van der Waals surface area contributed by atoms with Crippen LogP contribution in [0.4, 0.5) is 0 Å². The zero-order chi connectivity index (χ0) is 14.2. The Labute approximate surface area is 117 Å². The topological polar surface area (TPSA) is 35.2 Å². The monoisotopic (exact) mass is 261 g/mol. The molecular weight excluding hydrogens is 234 g/mol. The number of hydrogen-bond acceptors (Lipinski definition) is 2. The Morgan fingerprint density at radius 3 is 2.32 bits per heavy atom. The van der Waals surface area contributed by atoms with Gasteiger partial charge < -0.3 is 10.5 Å². The molecule has 3 atom stereocenters. The lowest BCUT2D eigenvalue weighted by Crippen LogP contribution is -2.29. The molecule has 3 unspecified atom stereocenters. The Morgan fingerprint density at radius 2 is 1.79 bits per heavy atom. The molecule has 19 heavy (non-hydrogen) atoms. The van der Waals surface area contributed by atoms with Crippen molar-refractivity contribution in [2.45, 2.75) is 59.6 Å². The first-order valence-electron chi connectivity index (χ1n) is 7.41. The SMILES string of the molecule is CCC1OCCC1C(N)c1c(C)c(C)cc(C)c1C. The molecule has 0 aliphatic carbocycles. The van der Waals surface area contributed by atoms with Crippen molar-refractivity contribution < 1.29 is 4.74 Å². The minimum absolute atomic E-state index is 0.103. The Balaban J connectivity index is 2.41. The highest BCUT2D eigenvalue weighted by atomic mass is 16.5. The van der Waals surface area contributed by atoms with E-state index >= 15 is 0 Å². The van der Waals surface area contributed by atoms with Crippen LogP contribution in [0.3, 0.4) is 0 Å². The van der Waals surface area contributed by atoms with Gasteiger partial charge in [-0.2, -0.15) is 0 Å². The van der Waals surface area contributed by atoms with Gasteiger partial charge in [0.2, 0.25) is 0 Å². The molecule has 2 nitrogen and oxygen atoms in total. The van der Waals surface area contributed by atoms with Crippen molar-refractivity contribution >= 4 is 0 Å².